The fourth-order valence-electron chi connectivity index (χ4n) is 3.90. The molecule has 0 radical (unpaired) electrons. The number of ether oxygens (including phenoxy) is 2. The van der Waals surface area contributed by atoms with E-state index in [-0.39, 0.29) is 12.0 Å². The Labute approximate surface area is 186 Å². The number of hydrogen-bond acceptors (Lipinski definition) is 6. The van der Waals surface area contributed by atoms with Gasteiger partial charge in [0.1, 0.15) is 17.7 Å². The summed E-state index contributed by atoms with van der Waals surface area (Å²) in [5, 5.41) is 4.50. The minimum Gasteiger partial charge on any atom is -0.486 e. The van der Waals surface area contributed by atoms with Crippen molar-refractivity contribution in [3.05, 3.63) is 47.1 Å². The van der Waals surface area contributed by atoms with Crippen LogP contribution in [-0.2, 0) is 0 Å². The minimum absolute atomic E-state index is 0.00256. The maximum atomic E-state index is 12.5. The molecule has 1 unspecified atom stereocenters. The number of amides is 1. The number of hydrogen-bond donors (Lipinski definition) is 1. The Hall–Kier alpha value is -1.96. The molecular weight excluding hydrogens is 422 g/mol. The van der Waals surface area contributed by atoms with Crippen molar-refractivity contribution in [2.45, 2.75) is 24.0 Å². The largest absolute Gasteiger partial charge is 0.486 e. The summed E-state index contributed by atoms with van der Waals surface area (Å²) >= 11 is 7.55. The Morgan fingerprint density at radius 1 is 1.30 bits per heavy atom. The second kappa shape index (κ2) is 9.90. The molecule has 1 amide bonds. The van der Waals surface area contributed by atoms with E-state index >= 15 is 0 Å². The van der Waals surface area contributed by atoms with Crippen LogP contribution < -0.4 is 14.8 Å². The summed E-state index contributed by atoms with van der Waals surface area (Å²) in [4.78, 5) is 19.2. The van der Waals surface area contributed by atoms with Gasteiger partial charge in [0.15, 0.2) is 11.5 Å². The molecule has 6 nitrogen and oxygen atoms in total. The zero-order chi connectivity index (χ0) is 20.9. The van der Waals surface area contributed by atoms with Crippen molar-refractivity contribution in [2.24, 2.45) is 5.92 Å². The predicted molar refractivity (Wildman–Crippen MR) is 119 cm³/mol. The van der Waals surface area contributed by atoms with E-state index in [1.54, 1.807) is 12.3 Å². The number of carbonyl (C=O) groups is 1. The summed E-state index contributed by atoms with van der Waals surface area (Å²) in [5.41, 5.74) is 0.650. The summed E-state index contributed by atoms with van der Waals surface area (Å²) < 4.78 is 11.9. The molecule has 0 saturated carbocycles. The second-order valence-electron chi connectivity index (χ2n) is 7.66. The van der Waals surface area contributed by atoms with Gasteiger partial charge in [-0.1, -0.05) is 11.6 Å². The molecule has 1 aromatic heterocycles. The molecule has 0 spiro atoms. The highest BCUT2D eigenvalue weighted by molar-refractivity contribution is 7.98. The number of aromatic nitrogens is 1. The minimum atomic E-state index is -0.0417. The normalized spacial score (nSPS) is 19.5. The van der Waals surface area contributed by atoms with Crippen LogP contribution in [0.4, 0.5) is 0 Å². The number of carbonyl (C=O) groups excluding carboxylic acids is 1. The van der Waals surface area contributed by atoms with E-state index in [9.17, 15) is 4.79 Å². The van der Waals surface area contributed by atoms with E-state index in [1.807, 2.05) is 30.5 Å². The zero-order valence-corrected chi connectivity index (χ0v) is 18.5. The van der Waals surface area contributed by atoms with Gasteiger partial charge >= 0.3 is 0 Å². The number of pyridine rings is 1. The number of halogens is 1. The number of nitrogens with zero attached hydrogens (tertiary/aromatic N) is 2. The lowest BCUT2D eigenvalue weighted by Gasteiger charge is -2.35. The summed E-state index contributed by atoms with van der Waals surface area (Å²) in [6, 6.07) is 9.10. The Morgan fingerprint density at radius 3 is 2.93 bits per heavy atom. The van der Waals surface area contributed by atoms with Crippen LogP contribution in [0.2, 0.25) is 5.02 Å². The summed E-state index contributed by atoms with van der Waals surface area (Å²) in [6.45, 7) is 4.06. The first kappa shape index (κ1) is 21.3. The highest BCUT2D eigenvalue weighted by Crippen LogP contribution is 2.34. The van der Waals surface area contributed by atoms with Crippen molar-refractivity contribution < 1.29 is 14.3 Å². The van der Waals surface area contributed by atoms with Crippen LogP contribution in [0.15, 0.2) is 41.6 Å². The molecule has 0 bridgehead atoms. The van der Waals surface area contributed by atoms with E-state index in [4.69, 9.17) is 21.1 Å². The van der Waals surface area contributed by atoms with Crippen molar-refractivity contribution in [3.8, 4) is 11.5 Å². The second-order valence-corrected chi connectivity index (χ2v) is 8.89. The predicted octanol–water partition coefficient (Wildman–Crippen LogP) is 3.74. The molecule has 4 rings (SSSR count). The van der Waals surface area contributed by atoms with E-state index in [0.29, 0.717) is 29.7 Å². The van der Waals surface area contributed by atoms with Crippen molar-refractivity contribution in [3.63, 3.8) is 0 Å². The molecule has 8 heteroatoms. The number of benzene rings is 1. The average Bonchev–Trinajstić information content (AvgIpc) is 2.78. The lowest BCUT2D eigenvalue weighted by Crippen LogP contribution is -2.45. The van der Waals surface area contributed by atoms with Crippen LogP contribution in [0.25, 0.3) is 0 Å². The molecule has 0 aliphatic carbocycles. The van der Waals surface area contributed by atoms with Crippen molar-refractivity contribution in [2.75, 3.05) is 39.0 Å². The van der Waals surface area contributed by atoms with E-state index in [2.05, 4.69) is 15.2 Å². The number of likely N-dealkylation sites (tertiary alicyclic amines) is 1. The van der Waals surface area contributed by atoms with Gasteiger partial charge in [-0.2, -0.15) is 0 Å². The highest BCUT2D eigenvalue weighted by atomic mass is 35.5. The standard InChI is InChI=1S/C22H26ClN3O3S/c1-30-22-18(3-2-8-24-22)21(27)25-12-15-6-9-26(10-7-15)13-17-14-28-19-5-4-16(23)11-20(19)29-17/h2-5,8,11,15,17H,6-7,9-10,12-14H2,1H3,(H,25,27). The van der Waals surface area contributed by atoms with Crippen LogP contribution >= 0.6 is 23.4 Å². The molecule has 30 heavy (non-hydrogen) atoms. The number of thioether (sulfide) groups is 1. The van der Waals surface area contributed by atoms with E-state index in [1.165, 1.54) is 11.8 Å². The number of nitrogens with one attached hydrogen (secondary N) is 1. The van der Waals surface area contributed by atoms with Gasteiger partial charge in [0, 0.05) is 30.4 Å². The number of rotatable bonds is 6. The Morgan fingerprint density at radius 2 is 2.13 bits per heavy atom. The monoisotopic (exact) mass is 447 g/mol. The Bertz CT molecular complexity index is 890. The number of fused-ring (bicyclic) bond motifs is 1. The molecule has 2 aromatic rings. The zero-order valence-electron chi connectivity index (χ0n) is 17.0. The van der Waals surface area contributed by atoms with Crippen LogP contribution in [0, 0.1) is 5.92 Å². The van der Waals surface area contributed by atoms with Crippen LogP contribution in [0.5, 0.6) is 11.5 Å². The first-order chi connectivity index (χ1) is 14.6. The maximum absolute atomic E-state index is 12.5. The molecular formula is C22H26ClN3O3S. The lowest BCUT2D eigenvalue weighted by molar-refractivity contribution is 0.0476. The average molecular weight is 448 g/mol. The topological polar surface area (TPSA) is 63.7 Å². The fourth-order valence-corrected chi connectivity index (χ4v) is 4.61. The number of piperidine rings is 1. The molecule has 3 heterocycles. The van der Waals surface area contributed by atoms with Crippen LogP contribution in [0.3, 0.4) is 0 Å². The van der Waals surface area contributed by atoms with E-state index < -0.39 is 0 Å². The van der Waals surface area contributed by atoms with Gasteiger partial charge in [-0.05, 0) is 62.4 Å². The van der Waals surface area contributed by atoms with Gasteiger partial charge in [-0.15, -0.1) is 11.8 Å². The smallest absolute Gasteiger partial charge is 0.254 e. The quantitative estimate of drug-likeness (QED) is 0.680. The first-order valence-electron chi connectivity index (χ1n) is 10.2. The first-order valence-corrected chi connectivity index (χ1v) is 11.8. The van der Waals surface area contributed by atoms with E-state index in [0.717, 1.165) is 49.0 Å². The third-order valence-corrected chi connectivity index (χ3v) is 6.50. The summed E-state index contributed by atoms with van der Waals surface area (Å²) in [7, 11) is 0. The SMILES string of the molecule is CSc1ncccc1C(=O)NCC1CCN(CC2COc3ccc(Cl)cc3O2)CC1. The molecule has 2 aliphatic heterocycles. The van der Waals surface area contributed by atoms with Crippen molar-refractivity contribution in [1.82, 2.24) is 15.2 Å². The fraction of sp³-hybridized carbons (Fsp3) is 0.455. The van der Waals surface area contributed by atoms with Crippen LogP contribution in [0.1, 0.15) is 23.2 Å². The molecule has 1 saturated heterocycles. The third-order valence-electron chi connectivity index (χ3n) is 5.55. The van der Waals surface area contributed by atoms with Gasteiger partial charge in [0.05, 0.1) is 5.56 Å². The Balaban J connectivity index is 1.21. The highest BCUT2D eigenvalue weighted by Gasteiger charge is 2.26. The van der Waals surface area contributed by atoms with Gasteiger partial charge in [-0.25, -0.2) is 4.98 Å². The van der Waals surface area contributed by atoms with Crippen molar-refractivity contribution in [1.29, 1.82) is 0 Å². The molecule has 160 valence electrons. The molecule has 1 N–H and O–H groups in total. The van der Waals surface area contributed by atoms with Crippen LogP contribution in [-0.4, -0.2) is 60.9 Å². The Kier molecular flexibility index (Phi) is 7.02. The molecule has 1 atom stereocenters. The molecule has 1 aromatic carbocycles. The van der Waals surface area contributed by atoms with Gasteiger partial charge in [0.25, 0.3) is 5.91 Å². The molecule has 1 fully saturated rings. The lowest BCUT2D eigenvalue weighted by atomic mass is 9.96. The molecule has 2 aliphatic rings. The van der Waals surface area contributed by atoms with Crippen molar-refractivity contribution >= 4 is 29.3 Å². The van der Waals surface area contributed by atoms with Gasteiger partial charge in [-0.3, -0.25) is 9.69 Å². The van der Waals surface area contributed by atoms with Gasteiger partial charge < -0.3 is 14.8 Å². The summed E-state index contributed by atoms with van der Waals surface area (Å²) in [6.07, 6.45) is 5.76. The third kappa shape index (κ3) is 5.20. The summed E-state index contributed by atoms with van der Waals surface area (Å²) in [5.74, 6) is 1.92. The maximum Gasteiger partial charge on any atom is 0.254 e. The van der Waals surface area contributed by atoms with Gasteiger partial charge in [0.2, 0.25) is 0 Å².